The molecule has 1 aliphatic rings. The van der Waals surface area contributed by atoms with Gasteiger partial charge in [0, 0.05) is 25.0 Å². The number of hydrogen-bond donors (Lipinski definition) is 3. The number of allylic oxidation sites excluding steroid dienone is 2. The Balaban J connectivity index is 1.73. The number of aromatic nitrogens is 4. The summed E-state index contributed by atoms with van der Waals surface area (Å²) in [6.45, 7) is 1.85. The highest BCUT2D eigenvalue weighted by atomic mass is 16.1. The fourth-order valence-corrected chi connectivity index (χ4v) is 4.15. The summed E-state index contributed by atoms with van der Waals surface area (Å²) < 4.78 is 1.59. The summed E-state index contributed by atoms with van der Waals surface area (Å²) in [4.78, 5) is 27.1. The van der Waals surface area contributed by atoms with Crippen LogP contribution in [0.25, 0.3) is 22.2 Å². The maximum atomic E-state index is 14.1. The topological polar surface area (TPSA) is 138 Å². The molecule has 0 aliphatic carbocycles. The number of anilines is 2. The molecule has 178 valence electrons. The van der Waals surface area contributed by atoms with E-state index in [1.54, 1.807) is 4.57 Å². The quantitative estimate of drug-likeness (QED) is 0.396. The van der Waals surface area contributed by atoms with Crippen LogP contribution in [-0.2, 0) is 0 Å². The number of fused-ring (bicyclic) bond motifs is 1. The van der Waals surface area contributed by atoms with Crippen LogP contribution in [0.2, 0.25) is 0 Å². The number of para-hydroxylation sites is 1. The molecule has 0 saturated heterocycles. The first-order chi connectivity index (χ1) is 17.5. The molecule has 0 saturated carbocycles. The molecule has 10 heteroatoms. The van der Waals surface area contributed by atoms with Crippen molar-refractivity contribution < 1.29 is 0 Å². The molecule has 0 radical (unpaired) electrons. The molecular weight excluding hydrogens is 454 g/mol. The predicted octanol–water partition coefficient (Wildman–Crippen LogP) is 3.11. The Labute approximate surface area is 207 Å². The average molecular weight is 478 g/mol. The molecular formula is C26H23N9O. The van der Waals surface area contributed by atoms with Gasteiger partial charge in [0.15, 0.2) is 0 Å². The van der Waals surface area contributed by atoms with Gasteiger partial charge in [-0.25, -0.2) is 9.97 Å². The Hall–Kier alpha value is -5.17. The third-order valence-corrected chi connectivity index (χ3v) is 5.79. The van der Waals surface area contributed by atoms with Crippen molar-refractivity contribution in [3.63, 3.8) is 0 Å². The first-order valence-electron chi connectivity index (χ1n) is 11.2. The minimum atomic E-state index is -0.503. The van der Waals surface area contributed by atoms with Crippen LogP contribution in [0, 0.1) is 11.3 Å². The predicted molar refractivity (Wildman–Crippen MR) is 139 cm³/mol. The highest BCUT2D eigenvalue weighted by Gasteiger charge is 2.22. The molecule has 1 aliphatic heterocycles. The molecule has 0 fully saturated rings. The summed E-state index contributed by atoms with van der Waals surface area (Å²) >= 11 is 0. The van der Waals surface area contributed by atoms with Crippen molar-refractivity contribution >= 4 is 28.2 Å². The molecule has 2 aromatic carbocycles. The zero-order valence-electron chi connectivity index (χ0n) is 19.7. The maximum absolute atomic E-state index is 14.1. The maximum Gasteiger partial charge on any atom is 0.266 e. The highest BCUT2D eigenvalue weighted by Crippen LogP contribution is 2.27. The van der Waals surface area contributed by atoms with Crippen molar-refractivity contribution in [2.24, 2.45) is 0 Å². The number of nitrogens with zero attached hydrogens (tertiary/aromatic N) is 6. The van der Waals surface area contributed by atoms with E-state index in [-0.39, 0.29) is 22.9 Å². The molecule has 0 bridgehead atoms. The van der Waals surface area contributed by atoms with Crippen molar-refractivity contribution in [2.75, 3.05) is 18.1 Å². The molecule has 0 spiro atoms. The molecule has 3 heterocycles. The SMILES string of the molecule is C[C@H](Nc1nc(N)ncc1C#N)c1nc2cccc(C3=CN(C)NC=C3)c2c(=O)n1-c1ccccc1. The van der Waals surface area contributed by atoms with Gasteiger partial charge < -0.3 is 16.5 Å². The summed E-state index contributed by atoms with van der Waals surface area (Å²) in [6, 6.07) is 16.5. The fourth-order valence-electron chi connectivity index (χ4n) is 4.15. The van der Waals surface area contributed by atoms with Crippen LogP contribution in [0.15, 0.2) is 78.0 Å². The second kappa shape index (κ2) is 9.23. The van der Waals surface area contributed by atoms with Crippen molar-refractivity contribution in [1.29, 1.82) is 5.26 Å². The van der Waals surface area contributed by atoms with E-state index in [0.29, 0.717) is 22.4 Å². The standard InChI is InChI=1S/C26H23N9O/c1-16(31-23-18(13-27)14-29-26(28)33-23)24-32-21-10-6-9-20(17-11-12-30-34(2)15-17)22(21)25(36)35(24)19-7-4-3-5-8-19/h3-12,14-16,30H,1-2H3,(H3,28,29,31,33)/t16-/m0/s1. The normalized spacial score (nSPS) is 13.6. The smallest absolute Gasteiger partial charge is 0.266 e. The number of benzene rings is 2. The summed E-state index contributed by atoms with van der Waals surface area (Å²) in [6.07, 6.45) is 7.02. The Bertz CT molecular complexity index is 1620. The Morgan fingerprint density at radius 3 is 2.69 bits per heavy atom. The zero-order valence-corrected chi connectivity index (χ0v) is 19.7. The Morgan fingerprint density at radius 1 is 1.14 bits per heavy atom. The Morgan fingerprint density at radius 2 is 1.94 bits per heavy atom. The van der Waals surface area contributed by atoms with Crippen molar-refractivity contribution in [3.05, 3.63) is 101 Å². The average Bonchev–Trinajstić information content (AvgIpc) is 2.89. The largest absolute Gasteiger partial charge is 0.368 e. The van der Waals surface area contributed by atoms with E-state index in [1.165, 1.54) is 6.20 Å². The molecule has 5 rings (SSSR count). The third kappa shape index (κ3) is 4.10. The number of hydrogen-bond acceptors (Lipinski definition) is 9. The van der Waals surface area contributed by atoms with Crippen LogP contribution in [0.4, 0.5) is 11.8 Å². The minimum absolute atomic E-state index is 0.0357. The van der Waals surface area contributed by atoms with Crippen molar-refractivity contribution in [1.82, 2.24) is 30.0 Å². The van der Waals surface area contributed by atoms with E-state index < -0.39 is 6.04 Å². The molecule has 10 nitrogen and oxygen atoms in total. The molecule has 4 aromatic rings. The van der Waals surface area contributed by atoms with Gasteiger partial charge in [0.2, 0.25) is 5.95 Å². The van der Waals surface area contributed by atoms with Crippen LogP contribution in [0.3, 0.4) is 0 Å². The molecule has 0 unspecified atom stereocenters. The van der Waals surface area contributed by atoms with Crippen LogP contribution < -0.4 is 22.0 Å². The summed E-state index contributed by atoms with van der Waals surface area (Å²) in [7, 11) is 1.88. The molecule has 4 N–H and O–H groups in total. The van der Waals surface area contributed by atoms with Gasteiger partial charge in [0.25, 0.3) is 5.56 Å². The van der Waals surface area contributed by atoms with Crippen LogP contribution in [-0.4, -0.2) is 31.6 Å². The fraction of sp³-hybridized carbons (Fsp3) is 0.115. The number of nitriles is 1. The Kier molecular flexibility index (Phi) is 5.80. The van der Waals surface area contributed by atoms with E-state index in [4.69, 9.17) is 10.7 Å². The second-order valence-corrected chi connectivity index (χ2v) is 8.27. The first kappa shape index (κ1) is 22.6. The number of nitrogens with two attached hydrogens (primary N) is 1. The van der Waals surface area contributed by atoms with E-state index in [0.717, 1.165) is 11.1 Å². The lowest BCUT2D eigenvalue weighted by Crippen LogP contribution is -2.29. The van der Waals surface area contributed by atoms with Gasteiger partial charge in [0.1, 0.15) is 23.3 Å². The number of hydrazine groups is 1. The second-order valence-electron chi connectivity index (χ2n) is 8.27. The van der Waals surface area contributed by atoms with Gasteiger partial charge in [-0.2, -0.15) is 10.2 Å². The van der Waals surface area contributed by atoms with Gasteiger partial charge in [-0.3, -0.25) is 14.4 Å². The lowest BCUT2D eigenvalue weighted by atomic mass is 10.0. The minimum Gasteiger partial charge on any atom is -0.368 e. The van der Waals surface area contributed by atoms with E-state index in [9.17, 15) is 10.1 Å². The zero-order chi connectivity index (χ0) is 25.2. The van der Waals surface area contributed by atoms with Gasteiger partial charge in [-0.1, -0.05) is 30.3 Å². The molecule has 1 atom stereocenters. The van der Waals surface area contributed by atoms with Gasteiger partial charge in [-0.15, -0.1) is 0 Å². The van der Waals surface area contributed by atoms with Gasteiger partial charge >= 0.3 is 0 Å². The van der Waals surface area contributed by atoms with Crippen LogP contribution in [0.5, 0.6) is 0 Å². The van der Waals surface area contributed by atoms with E-state index in [1.807, 2.05) is 86.0 Å². The van der Waals surface area contributed by atoms with Crippen LogP contribution in [0.1, 0.15) is 29.9 Å². The summed E-state index contributed by atoms with van der Waals surface area (Å²) in [5.74, 6) is 0.769. The summed E-state index contributed by atoms with van der Waals surface area (Å²) in [5.41, 5.74) is 11.7. The number of rotatable bonds is 5. The van der Waals surface area contributed by atoms with Crippen molar-refractivity contribution in [3.8, 4) is 11.8 Å². The van der Waals surface area contributed by atoms with Crippen LogP contribution >= 0.6 is 0 Å². The molecule has 36 heavy (non-hydrogen) atoms. The summed E-state index contributed by atoms with van der Waals surface area (Å²) in [5, 5.41) is 15.0. The van der Waals surface area contributed by atoms with Crippen molar-refractivity contribution in [2.45, 2.75) is 13.0 Å². The monoisotopic (exact) mass is 477 g/mol. The first-order valence-corrected chi connectivity index (χ1v) is 11.2. The lowest BCUT2D eigenvalue weighted by molar-refractivity contribution is 0.384. The van der Waals surface area contributed by atoms with Gasteiger partial charge in [0.05, 0.1) is 28.8 Å². The lowest BCUT2D eigenvalue weighted by Gasteiger charge is -2.22. The molecule has 2 aromatic heterocycles. The van der Waals surface area contributed by atoms with E-state index >= 15 is 0 Å². The highest BCUT2D eigenvalue weighted by molar-refractivity contribution is 5.94. The number of nitrogen functional groups attached to an aromatic ring is 1. The third-order valence-electron chi connectivity index (χ3n) is 5.79. The van der Waals surface area contributed by atoms with Gasteiger partial charge in [-0.05, 0) is 36.8 Å². The van der Waals surface area contributed by atoms with E-state index in [2.05, 4.69) is 26.8 Å². The molecule has 0 amide bonds. The number of nitrogens with one attached hydrogen (secondary N) is 2.